The zero-order valence-corrected chi connectivity index (χ0v) is 33.0. The van der Waals surface area contributed by atoms with E-state index in [9.17, 15) is 24.3 Å². The predicted molar refractivity (Wildman–Crippen MR) is 199 cm³/mol. The van der Waals surface area contributed by atoms with Crippen LogP contribution in [0.15, 0.2) is 35.9 Å². The lowest BCUT2D eigenvalue weighted by atomic mass is 9.87. The van der Waals surface area contributed by atoms with Gasteiger partial charge in [-0.3, -0.25) is 14.9 Å². The van der Waals surface area contributed by atoms with Crippen LogP contribution in [0.3, 0.4) is 0 Å². The minimum atomic E-state index is -1.81. The van der Waals surface area contributed by atoms with Gasteiger partial charge in [-0.25, -0.2) is 9.59 Å². The molecule has 1 aromatic carbocycles. The van der Waals surface area contributed by atoms with Crippen molar-refractivity contribution < 1.29 is 48.0 Å². The Balaban J connectivity index is 1.70. The molecule has 52 heavy (non-hydrogen) atoms. The Labute approximate surface area is 316 Å². The third-order valence-corrected chi connectivity index (χ3v) is 10.5. The third kappa shape index (κ3) is 10.0. The maximum atomic E-state index is 14.0. The molecule has 3 heterocycles. The van der Waals surface area contributed by atoms with E-state index in [0.717, 1.165) is 11.1 Å². The fourth-order valence-corrected chi connectivity index (χ4v) is 6.87. The number of thiol groups is 1. The number of nitrogens with one attached hydrogen (secondary N) is 1. The first-order valence-corrected chi connectivity index (χ1v) is 18.2. The van der Waals surface area contributed by atoms with Crippen LogP contribution in [0.25, 0.3) is 0 Å². The highest BCUT2D eigenvalue weighted by atomic mass is 35.5. The van der Waals surface area contributed by atoms with E-state index in [0.29, 0.717) is 24.3 Å². The lowest BCUT2D eigenvalue weighted by molar-refractivity contribution is -0.159. The molecule has 0 unspecified atom stereocenters. The predicted octanol–water partition coefficient (Wildman–Crippen LogP) is 4.61. The van der Waals surface area contributed by atoms with Crippen LogP contribution in [0.5, 0.6) is 5.75 Å². The van der Waals surface area contributed by atoms with Gasteiger partial charge in [0.2, 0.25) is 11.8 Å². The fourth-order valence-electron chi connectivity index (χ4n) is 6.44. The number of epoxide rings is 1. The molecule has 4 bridgehead atoms. The quantitative estimate of drug-likeness (QED) is 0.194. The van der Waals surface area contributed by atoms with Crippen molar-refractivity contribution in [1.82, 2.24) is 10.2 Å². The second-order valence-electron chi connectivity index (χ2n) is 14.6. The molecule has 13 nitrogen and oxygen atoms in total. The zero-order valence-electron chi connectivity index (χ0n) is 31.3. The van der Waals surface area contributed by atoms with Gasteiger partial charge < -0.3 is 38.6 Å². The van der Waals surface area contributed by atoms with Gasteiger partial charge in [0, 0.05) is 44.7 Å². The number of benzene rings is 1. The number of ether oxygens (including phenoxy) is 5. The number of methoxy groups -OCH3 is 2. The molecule has 2 fully saturated rings. The van der Waals surface area contributed by atoms with Crippen molar-refractivity contribution in [2.24, 2.45) is 5.92 Å². The van der Waals surface area contributed by atoms with Gasteiger partial charge in [-0.15, -0.1) is 0 Å². The second kappa shape index (κ2) is 16.8. The number of halogens is 1. The van der Waals surface area contributed by atoms with Gasteiger partial charge in [-0.2, -0.15) is 12.6 Å². The molecule has 3 amide bonds. The summed E-state index contributed by atoms with van der Waals surface area (Å²) in [6.07, 6.45) is 1.03. The fraction of sp³-hybridized carbons (Fsp3) is 0.622. The number of anilines is 1. The van der Waals surface area contributed by atoms with Crippen molar-refractivity contribution in [1.29, 1.82) is 0 Å². The van der Waals surface area contributed by atoms with Crippen molar-refractivity contribution >= 4 is 53.8 Å². The van der Waals surface area contributed by atoms with Crippen molar-refractivity contribution in [3.63, 3.8) is 0 Å². The highest BCUT2D eigenvalue weighted by molar-refractivity contribution is 7.81. The molecule has 0 aromatic heterocycles. The highest BCUT2D eigenvalue weighted by Gasteiger charge is 2.56. The normalized spacial score (nSPS) is 30.5. The van der Waals surface area contributed by atoms with E-state index in [1.54, 1.807) is 45.2 Å². The summed E-state index contributed by atoms with van der Waals surface area (Å²) in [5.74, 6) is -1.52. The molecule has 0 saturated carbocycles. The number of allylic oxidation sites excluding steroid dienone is 3. The van der Waals surface area contributed by atoms with Crippen LogP contribution in [-0.2, 0) is 39.8 Å². The maximum Gasteiger partial charge on any atom is 0.409 e. The van der Waals surface area contributed by atoms with Gasteiger partial charge in [0.05, 0.1) is 25.3 Å². The van der Waals surface area contributed by atoms with Gasteiger partial charge in [0.25, 0.3) is 0 Å². The van der Waals surface area contributed by atoms with Crippen molar-refractivity contribution in [2.45, 2.75) is 114 Å². The summed E-state index contributed by atoms with van der Waals surface area (Å²) < 4.78 is 28.5. The second-order valence-corrected chi connectivity index (χ2v) is 16.2. The molecule has 2 saturated heterocycles. The molecule has 0 spiro atoms. The van der Waals surface area contributed by atoms with Crippen LogP contribution in [-0.4, -0.2) is 109 Å². The Morgan fingerprint density at radius 1 is 1.25 bits per heavy atom. The van der Waals surface area contributed by atoms with Crippen molar-refractivity contribution in [3.8, 4) is 5.75 Å². The van der Waals surface area contributed by atoms with Gasteiger partial charge >= 0.3 is 12.1 Å². The molecule has 15 heteroatoms. The lowest BCUT2D eigenvalue weighted by Gasteiger charge is -2.41. The molecular formula is C37H52ClN3O10S. The van der Waals surface area contributed by atoms with E-state index in [1.807, 2.05) is 26.8 Å². The Bertz CT molecular complexity index is 1580. The molecule has 0 aliphatic carbocycles. The number of aliphatic hydroxyl groups is 1. The summed E-state index contributed by atoms with van der Waals surface area (Å²) in [7, 11) is 6.02. The molecule has 3 aliphatic rings. The summed E-state index contributed by atoms with van der Waals surface area (Å²) in [6.45, 7) is 9.08. The van der Waals surface area contributed by atoms with Crippen molar-refractivity contribution in [2.75, 3.05) is 33.2 Å². The standard InChI is InChI=1S/C37H52ClN3O10S/c1-20-11-10-12-28(48-9)37(46)19-27(50-35(45)39-37)21(2)32-33(51-32)26(49-34(44)22(3)40(6)29(42)13-14-36(4,5)52)18-30(43)41(7)24-16-23(15-20)17-25(47-8)31(24)38/h10-12,16-17,21-22,26-28,32-33,46,52H,13-15,18-19H2,1-9H3,(H,39,45)/b12-10+,20-11+/t21-,22+,26+,27+,28-,32+,33+,37+/m1/s1. The lowest BCUT2D eigenvalue weighted by Crippen LogP contribution is -2.63. The van der Waals surface area contributed by atoms with Crippen LogP contribution in [0.2, 0.25) is 5.02 Å². The number of carbonyl (C=O) groups excluding carboxylic acids is 4. The summed E-state index contributed by atoms with van der Waals surface area (Å²) >= 11 is 11.2. The van der Waals surface area contributed by atoms with Crippen LogP contribution < -0.4 is 15.0 Å². The Morgan fingerprint density at radius 3 is 2.58 bits per heavy atom. The summed E-state index contributed by atoms with van der Waals surface area (Å²) in [4.78, 5) is 56.0. The van der Waals surface area contributed by atoms with E-state index in [1.165, 1.54) is 31.1 Å². The number of alkyl carbamates (subject to hydrolysis) is 1. The first-order chi connectivity index (χ1) is 24.3. The Morgan fingerprint density at radius 2 is 1.94 bits per heavy atom. The van der Waals surface area contributed by atoms with Crippen molar-refractivity contribution in [3.05, 3.63) is 46.5 Å². The Hall–Kier alpha value is -3.30. The van der Waals surface area contributed by atoms with E-state index in [4.69, 9.17) is 35.3 Å². The van der Waals surface area contributed by atoms with Gasteiger partial charge in [0.1, 0.15) is 41.2 Å². The molecular weight excluding hydrogens is 714 g/mol. The smallest absolute Gasteiger partial charge is 0.409 e. The van der Waals surface area contributed by atoms with Crippen LogP contribution in [0.4, 0.5) is 10.5 Å². The summed E-state index contributed by atoms with van der Waals surface area (Å²) in [5.41, 5.74) is 0.321. The number of carbonyl (C=O) groups is 4. The van der Waals surface area contributed by atoms with E-state index in [2.05, 4.69) is 17.9 Å². The Kier molecular flexibility index (Phi) is 13.4. The maximum absolute atomic E-state index is 14.0. The average Bonchev–Trinajstić information content (AvgIpc) is 3.87. The number of esters is 1. The summed E-state index contributed by atoms with van der Waals surface area (Å²) in [5, 5.41) is 14.4. The first-order valence-electron chi connectivity index (χ1n) is 17.3. The SMILES string of the molecule is COc1cc2cc(c1Cl)N(C)C(=O)C[C@H](OC(=O)[C@H](C)N(C)C(=O)CCC(C)(C)S)[C@@H]1O[C@H]1[C@H](C)[C@@H]1C[C@@](O)(NC(=O)O1)[C@H](OC)/C=C/C=C(\C)C2. The number of nitrogens with zero attached hydrogens (tertiary/aromatic N) is 2. The minimum absolute atomic E-state index is 0.0404. The number of hydrogen-bond donors (Lipinski definition) is 3. The van der Waals surface area contributed by atoms with Crippen LogP contribution in [0, 0.1) is 5.92 Å². The number of likely N-dealkylation sites (N-methyl/N-ethyl adjacent to an activating group) is 1. The molecule has 4 rings (SSSR count). The molecule has 1 aromatic rings. The number of hydrogen-bond acceptors (Lipinski definition) is 11. The van der Waals surface area contributed by atoms with Crippen LogP contribution in [0.1, 0.15) is 65.9 Å². The molecule has 3 aliphatic heterocycles. The molecule has 2 N–H and O–H groups in total. The topological polar surface area (TPSA) is 156 Å². The average molecular weight is 766 g/mol. The zero-order chi connectivity index (χ0) is 38.7. The van der Waals surface area contributed by atoms with E-state index >= 15 is 0 Å². The largest absolute Gasteiger partial charge is 0.495 e. The van der Waals surface area contributed by atoms with E-state index < -0.39 is 66.2 Å². The number of rotatable bonds is 8. The van der Waals surface area contributed by atoms with E-state index in [-0.39, 0.29) is 34.9 Å². The highest BCUT2D eigenvalue weighted by Crippen LogP contribution is 2.41. The monoisotopic (exact) mass is 765 g/mol. The first kappa shape index (κ1) is 41.5. The van der Waals surface area contributed by atoms with Gasteiger partial charge in [0.15, 0.2) is 5.72 Å². The summed E-state index contributed by atoms with van der Waals surface area (Å²) in [6, 6.07) is 2.61. The van der Waals surface area contributed by atoms with Gasteiger partial charge in [-0.05, 0) is 44.4 Å². The number of fused-ring (bicyclic) bond motifs is 5. The molecule has 8 atom stereocenters. The molecule has 0 radical (unpaired) electrons. The van der Waals surface area contributed by atoms with Gasteiger partial charge in [-0.1, -0.05) is 56.2 Å². The molecule has 288 valence electrons. The number of amides is 3. The third-order valence-electron chi connectivity index (χ3n) is 9.94. The minimum Gasteiger partial charge on any atom is -0.495 e. The van der Waals surface area contributed by atoms with Crippen LogP contribution >= 0.6 is 24.2 Å².